The minimum Gasteiger partial charge on any atom is -0.313 e. The molecule has 0 fully saturated rings. The van der Waals surface area contributed by atoms with Gasteiger partial charge in [-0.3, -0.25) is 0 Å². The Morgan fingerprint density at radius 1 is 1.00 bits per heavy atom. The zero-order chi connectivity index (χ0) is 12.8. The summed E-state index contributed by atoms with van der Waals surface area (Å²) in [6, 6.07) is 9.55. The Bertz CT molecular complexity index is 316. The van der Waals surface area contributed by atoms with Crippen LogP contribution in [0.5, 0.6) is 0 Å². The van der Waals surface area contributed by atoms with Gasteiger partial charge < -0.3 is 5.32 Å². The van der Waals surface area contributed by atoms with Crippen molar-refractivity contribution in [1.82, 2.24) is 5.32 Å². The van der Waals surface area contributed by atoms with Crippen molar-refractivity contribution < 1.29 is 0 Å². The van der Waals surface area contributed by atoms with Crippen LogP contribution in [0.25, 0.3) is 0 Å². The fraction of sp³-hybridized carbons (Fsp3) is 0.600. The molecule has 0 bridgehead atoms. The molecule has 0 heterocycles. The van der Waals surface area contributed by atoms with Crippen molar-refractivity contribution in [2.75, 3.05) is 6.54 Å². The molecule has 1 aromatic carbocycles. The molecule has 1 rings (SSSR count). The van der Waals surface area contributed by atoms with Crippen LogP contribution in [0.3, 0.4) is 0 Å². The zero-order valence-electron chi connectivity index (χ0n) is 11.7. The van der Waals surface area contributed by atoms with E-state index in [2.05, 4.69) is 64.2 Å². The van der Waals surface area contributed by atoms with Gasteiger partial charge in [-0.05, 0) is 23.6 Å². The molecular weight excluding hydrogens is 226 g/mol. The van der Waals surface area contributed by atoms with Gasteiger partial charge in [0.1, 0.15) is 0 Å². The largest absolute Gasteiger partial charge is 0.313 e. The molecule has 1 aromatic rings. The highest BCUT2D eigenvalue weighted by Crippen LogP contribution is 2.25. The average Bonchev–Trinajstić information content (AvgIpc) is 2.27. The molecule has 0 aromatic heterocycles. The van der Waals surface area contributed by atoms with Gasteiger partial charge in [0.05, 0.1) is 0 Å². The summed E-state index contributed by atoms with van der Waals surface area (Å²) in [6.45, 7) is 12.2. The standard InChI is InChI=1S/C15H25NS/c1-11(2)14-6-8-15(9-7-14)17-13(5)10-16-12(3)4/h6-9,11-13,16H,10H2,1-5H3. The molecule has 17 heavy (non-hydrogen) atoms. The molecular formula is C15H25NS. The van der Waals surface area contributed by atoms with Gasteiger partial charge in [0.15, 0.2) is 0 Å². The molecule has 1 atom stereocenters. The SMILES string of the molecule is CC(C)NCC(C)Sc1ccc(C(C)C)cc1. The Hall–Kier alpha value is -0.470. The van der Waals surface area contributed by atoms with Gasteiger partial charge in [0.2, 0.25) is 0 Å². The van der Waals surface area contributed by atoms with Crippen LogP contribution in [0.15, 0.2) is 29.2 Å². The smallest absolute Gasteiger partial charge is 0.0191 e. The van der Waals surface area contributed by atoms with E-state index in [1.165, 1.54) is 10.5 Å². The maximum atomic E-state index is 3.47. The lowest BCUT2D eigenvalue weighted by atomic mass is 10.0. The molecule has 2 heteroatoms. The first-order valence-corrected chi connectivity index (χ1v) is 7.37. The number of rotatable bonds is 6. The normalized spacial score (nSPS) is 13.4. The summed E-state index contributed by atoms with van der Waals surface area (Å²) >= 11 is 1.94. The van der Waals surface area contributed by atoms with Gasteiger partial charge in [-0.15, -0.1) is 11.8 Å². The van der Waals surface area contributed by atoms with E-state index in [0.717, 1.165) is 6.54 Å². The number of hydrogen-bond acceptors (Lipinski definition) is 2. The van der Waals surface area contributed by atoms with Crippen molar-refractivity contribution in [3.05, 3.63) is 29.8 Å². The topological polar surface area (TPSA) is 12.0 Å². The third-order valence-electron chi connectivity index (χ3n) is 2.70. The average molecular weight is 251 g/mol. The van der Waals surface area contributed by atoms with Crippen molar-refractivity contribution >= 4 is 11.8 Å². The predicted molar refractivity (Wildman–Crippen MR) is 79.0 cm³/mol. The second-order valence-corrected chi connectivity index (χ2v) is 6.73. The van der Waals surface area contributed by atoms with E-state index in [4.69, 9.17) is 0 Å². The summed E-state index contributed by atoms with van der Waals surface area (Å²) in [6.07, 6.45) is 0. The maximum Gasteiger partial charge on any atom is 0.0191 e. The number of benzene rings is 1. The Morgan fingerprint density at radius 2 is 1.59 bits per heavy atom. The summed E-state index contributed by atoms with van der Waals surface area (Å²) in [7, 11) is 0. The van der Waals surface area contributed by atoms with Crippen LogP contribution in [0.1, 0.15) is 46.1 Å². The highest BCUT2D eigenvalue weighted by Gasteiger charge is 2.05. The van der Waals surface area contributed by atoms with E-state index in [9.17, 15) is 0 Å². The van der Waals surface area contributed by atoms with Gasteiger partial charge in [-0.1, -0.05) is 46.8 Å². The van der Waals surface area contributed by atoms with E-state index in [1.807, 2.05) is 11.8 Å². The van der Waals surface area contributed by atoms with E-state index in [-0.39, 0.29) is 0 Å². The molecule has 0 aliphatic rings. The van der Waals surface area contributed by atoms with Crippen LogP contribution in [0.4, 0.5) is 0 Å². The second kappa shape index (κ2) is 7.07. The van der Waals surface area contributed by atoms with Crippen LogP contribution >= 0.6 is 11.8 Å². The molecule has 0 radical (unpaired) electrons. The minimum atomic E-state index is 0.571. The maximum absolute atomic E-state index is 3.47. The van der Waals surface area contributed by atoms with Gasteiger partial charge in [0.25, 0.3) is 0 Å². The van der Waals surface area contributed by atoms with E-state index >= 15 is 0 Å². The number of thioether (sulfide) groups is 1. The molecule has 0 saturated carbocycles. The van der Waals surface area contributed by atoms with Crippen molar-refractivity contribution in [1.29, 1.82) is 0 Å². The van der Waals surface area contributed by atoms with E-state index < -0.39 is 0 Å². The fourth-order valence-electron chi connectivity index (χ4n) is 1.61. The Labute approximate surface area is 110 Å². The Morgan fingerprint density at radius 3 is 2.06 bits per heavy atom. The quantitative estimate of drug-likeness (QED) is 0.757. The molecule has 1 N–H and O–H groups in total. The highest BCUT2D eigenvalue weighted by molar-refractivity contribution is 8.00. The molecule has 0 amide bonds. The lowest BCUT2D eigenvalue weighted by molar-refractivity contribution is 0.589. The van der Waals surface area contributed by atoms with Crippen LogP contribution in [0, 0.1) is 0 Å². The Kier molecular flexibility index (Phi) is 6.07. The molecule has 96 valence electrons. The van der Waals surface area contributed by atoms with E-state index in [1.54, 1.807) is 0 Å². The summed E-state index contributed by atoms with van der Waals surface area (Å²) in [5, 5.41) is 4.09. The molecule has 0 aliphatic heterocycles. The summed E-state index contributed by atoms with van der Waals surface area (Å²) in [4.78, 5) is 1.37. The summed E-state index contributed by atoms with van der Waals surface area (Å²) in [5.74, 6) is 0.620. The van der Waals surface area contributed by atoms with Crippen LogP contribution in [-0.2, 0) is 0 Å². The first-order valence-electron chi connectivity index (χ1n) is 6.49. The number of nitrogens with one attached hydrogen (secondary N) is 1. The molecule has 0 spiro atoms. The molecule has 1 nitrogen and oxygen atoms in total. The minimum absolute atomic E-state index is 0.571. The van der Waals surface area contributed by atoms with Crippen molar-refractivity contribution in [2.45, 2.75) is 56.7 Å². The van der Waals surface area contributed by atoms with Crippen molar-refractivity contribution in [3.8, 4) is 0 Å². The molecule has 0 aliphatic carbocycles. The summed E-state index contributed by atoms with van der Waals surface area (Å²) in [5.41, 5.74) is 1.42. The second-order valence-electron chi connectivity index (χ2n) is 5.22. The van der Waals surface area contributed by atoms with Gasteiger partial charge in [-0.25, -0.2) is 0 Å². The third kappa shape index (κ3) is 5.60. The molecule has 1 unspecified atom stereocenters. The van der Waals surface area contributed by atoms with Crippen molar-refractivity contribution in [3.63, 3.8) is 0 Å². The fourth-order valence-corrected chi connectivity index (χ4v) is 2.54. The third-order valence-corrected chi connectivity index (χ3v) is 3.81. The monoisotopic (exact) mass is 251 g/mol. The highest BCUT2D eigenvalue weighted by atomic mass is 32.2. The lowest BCUT2D eigenvalue weighted by Gasteiger charge is -2.15. The number of hydrogen-bond donors (Lipinski definition) is 1. The van der Waals surface area contributed by atoms with Gasteiger partial charge >= 0.3 is 0 Å². The van der Waals surface area contributed by atoms with Crippen molar-refractivity contribution in [2.24, 2.45) is 0 Å². The van der Waals surface area contributed by atoms with Crippen LogP contribution in [-0.4, -0.2) is 17.8 Å². The first-order chi connectivity index (χ1) is 7.99. The predicted octanol–water partition coefficient (Wildman–Crippen LogP) is 4.29. The first kappa shape index (κ1) is 14.6. The molecule has 0 saturated heterocycles. The summed E-state index contributed by atoms with van der Waals surface area (Å²) < 4.78 is 0. The lowest BCUT2D eigenvalue weighted by Crippen LogP contribution is -2.28. The van der Waals surface area contributed by atoms with Crippen LogP contribution < -0.4 is 5.32 Å². The van der Waals surface area contributed by atoms with E-state index in [0.29, 0.717) is 17.2 Å². The van der Waals surface area contributed by atoms with Gasteiger partial charge in [-0.2, -0.15) is 0 Å². The zero-order valence-corrected chi connectivity index (χ0v) is 12.5. The van der Waals surface area contributed by atoms with Gasteiger partial charge in [0, 0.05) is 22.7 Å². The van der Waals surface area contributed by atoms with Crippen LogP contribution in [0.2, 0.25) is 0 Å². The Balaban J connectivity index is 2.45.